The second kappa shape index (κ2) is 11.0. The van der Waals surface area contributed by atoms with Gasteiger partial charge in [0, 0.05) is 30.6 Å². The summed E-state index contributed by atoms with van der Waals surface area (Å²) in [7, 11) is 0. The molecule has 0 aromatic heterocycles. The summed E-state index contributed by atoms with van der Waals surface area (Å²) in [4.78, 5) is 28.0. The molecule has 2 aliphatic rings. The number of carbonyl (C=O) groups excluding carboxylic acids is 2. The molecule has 0 fully saturated rings. The van der Waals surface area contributed by atoms with Gasteiger partial charge in [0.15, 0.2) is 0 Å². The lowest BCUT2D eigenvalue weighted by atomic mass is 9.77. The van der Waals surface area contributed by atoms with Crippen molar-refractivity contribution in [2.75, 3.05) is 13.2 Å². The van der Waals surface area contributed by atoms with Crippen molar-refractivity contribution in [1.29, 1.82) is 0 Å². The van der Waals surface area contributed by atoms with E-state index in [1.807, 2.05) is 25.1 Å². The summed E-state index contributed by atoms with van der Waals surface area (Å²) in [5.41, 5.74) is 1.94. The first-order valence-corrected chi connectivity index (χ1v) is 12.4. The minimum Gasteiger partial charge on any atom is -0.486 e. The van der Waals surface area contributed by atoms with E-state index in [2.05, 4.69) is 5.32 Å². The van der Waals surface area contributed by atoms with E-state index in [9.17, 15) is 19.8 Å². The van der Waals surface area contributed by atoms with Crippen LogP contribution in [0.15, 0.2) is 54.1 Å². The standard InChI is InChI=1S/C26H28Cl2N2O5/c1-2-5-22(32)30(14-15-8-9-18(27)19(28)12-15)20-13-17(26(34)29-10-11-31)23-16-6-3-4-7-21(16)35-25(23)24(20)33/h3-4,6-9,12-13,20,23-25,31,33H,2,5,10-11,14H2,1H3,(H,29,34). The number of aliphatic hydroxyl groups is 2. The van der Waals surface area contributed by atoms with Crippen molar-refractivity contribution in [1.82, 2.24) is 10.2 Å². The number of ether oxygens (including phenoxy) is 1. The molecule has 2 aromatic rings. The molecule has 4 atom stereocenters. The summed E-state index contributed by atoms with van der Waals surface area (Å²) >= 11 is 12.3. The molecule has 1 heterocycles. The molecule has 2 amide bonds. The molecule has 9 heteroatoms. The van der Waals surface area contributed by atoms with Crippen LogP contribution in [0.5, 0.6) is 5.75 Å². The van der Waals surface area contributed by atoms with Gasteiger partial charge in [0.25, 0.3) is 0 Å². The fraction of sp³-hybridized carbons (Fsp3) is 0.385. The largest absolute Gasteiger partial charge is 0.486 e. The first-order valence-electron chi connectivity index (χ1n) is 11.6. The van der Waals surface area contributed by atoms with Crippen molar-refractivity contribution >= 4 is 35.0 Å². The third-order valence-corrected chi connectivity index (χ3v) is 7.10. The Bertz CT molecular complexity index is 1140. The summed E-state index contributed by atoms with van der Waals surface area (Å²) in [6.45, 7) is 1.96. The number of aliphatic hydroxyl groups excluding tert-OH is 2. The molecule has 7 nitrogen and oxygen atoms in total. The highest BCUT2D eigenvalue weighted by Gasteiger charge is 2.50. The van der Waals surface area contributed by atoms with Gasteiger partial charge in [0.05, 0.1) is 28.6 Å². The minimum absolute atomic E-state index is 0.0883. The molecule has 0 saturated heterocycles. The number of nitrogens with zero attached hydrogens (tertiary/aromatic N) is 1. The number of rotatable bonds is 8. The van der Waals surface area contributed by atoms with Crippen molar-refractivity contribution in [2.45, 2.75) is 50.5 Å². The lowest BCUT2D eigenvalue weighted by molar-refractivity contribution is -0.138. The number of hydrogen-bond acceptors (Lipinski definition) is 5. The normalized spacial score (nSPS) is 22.5. The molecule has 35 heavy (non-hydrogen) atoms. The summed E-state index contributed by atoms with van der Waals surface area (Å²) in [6, 6.07) is 11.7. The van der Waals surface area contributed by atoms with Crippen LogP contribution in [0, 0.1) is 0 Å². The van der Waals surface area contributed by atoms with Crippen LogP contribution >= 0.6 is 23.2 Å². The fourth-order valence-electron chi connectivity index (χ4n) is 4.74. The van der Waals surface area contributed by atoms with Crippen molar-refractivity contribution in [3.8, 4) is 5.75 Å². The van der Waals surface area contributed by atoms with Gasteiger partial charge in [0.2, 0.25) is 11.8 Å². The van der Waals surface area contributed by atoms with E-state index in [1.165, 1.54) is 0 Å². The predicted octanol–water partition coefficient (Wildman–Crippen LogP) is 3.44. The van der Waals surface area contributed by atoms with Crippen molar-refractivity contribution in [3.63, 3.8) is 0 Å². The Morgan fingerprint density at radius 1 is 1.14 bits per heavy atom. The third kappa shape index (κ3) is 5.19. The highest BCUT2D eigenvalue weighted by Crippen LogP contribution is 2.47. The number of fused-ring (bicyclic) bond motifs is 3. The van der Waals surface area contributed by atoms with E-state index in [0.29, 0.717) is 27.8 Å². The zero-order valence-electron chi connectivity index (χ0n) is 19.3. The quantitative estimate of drug-likeness (QED) is 0.497. The number of para-hydroxylation sites is 1. The van der Waals surface area contributed by atoms with E-state index >= 15 is 0 Å². The molecule has 0 bridgehead atoms. The number of nitrogens with one attached hydrogen (secondary N) is 1. The Morgan fingerprint density at radius 2 is 1.91 bits per heavy atom. The molecular formula is C26H28Cl2N2O5. The van der Waals surface area contributed by atoms with Gasteiger partial charge in [-0.05, 0) is 36.3 Å². The van der Waals surface area contributed by atoms with Crippen LogP contribution in [0.3, 0.4) is 0 Å². The molecule has 0 spiro atoms. The Hall–Kier alpha value is -2.58. The second-order valence-electron chi connectivity index (χ2n) is 8.70. The van der Waals surface area contributed by atoms with E-state index in [0.717, 1.165) is 11.1 Å². The van der Waals surface area contributed by atoms with Crippen LogP contribution in [-0.2, 0) is 16.1 Å². The van der Waals surface area contributed by atoms with Gasteiger partial charge in [-0.1, -0.05) is 54.4 Å². The first kappa shape index (κ1) is 25.5. The van der Waals surface area contributed by atoms with Crippen molar-refractivity contribution in [2.24, 2.45) is 0 Å². The van der Waals surface area contributed by atoms with Gasteiger partial charge in [0.1, 0.15) is 18.0 Å². The Labute approximate surface area is 214 Å². The molecular weight excluding hydrogens is 491 g/mol. The number of hydrogen-bond donors (Lipinski definition) is 3. The summed E-state index contributed by atoms with van der Waals surface area (Å²) in [5.74, 6) is -0.435. The van der Waals surface area contributed by atoms with E-state index in [-0.39, 0.29) is 37.9 Å². The van der Waals surface area contributed by atoms with Crippen LogP contribution in [0.4, 0.5) is 0 Å². The number of halogens is 2. The predicted molar refractivity (Wildman–Crippen MR) is 133 cm³/mol. The lowest BCUT2D eigenvalue weighted by Crippen LogP contribution is -2.55. The van der Waals surface area contributed by atoms with Crippen LogP contribution in [0.1, 0.15) is 36.8 Å². The molecule has 186 valence electrons. The number of benzene rings is 2. The zero-order chi connectivity index (χ0) is 25.1. The average molecular weight is 519 g/mol. The van der Waals surface area contributed by atoms with Gasteiger partial charge in [-0.15, -0.1) is 0 Å². The molecule has 0 saturated carbocycles. The minimum atomic E-state index is -1.08. The maximum atomic E-state index is 13.3. The summed E-state index contributed by atoms with van der Waals surface area (Å²) < 4.78 is 6.12. The van der Waals surface area contributed by atoms with Crippen molar-refractivity contribution < 1.29 is 24.5 Å². The third-order valence-electron chi connectivity index (χ3n) is 6.36. The first-order chi connectivity index (χ1) is 16.8. The SMILES string of the molecule is CCCC(=O)N(Cc1ccc(Cl)c(Cl)c1)C1C=C(C(=O)NCCO)C2c3ccccc3OC2C1O. The van der Waals surface area contributed by atoms with Crippen LogP contribution in [0.2, 0.25) is 10.0 Å². The highest BCUT2D eigenvalue weighted by molar-refractivity contribution is 6.42. The van der Waals surface area contributed by atoms with Gasteiger partial charge < -0.3 is 25.2 Å². The number of amides is 2. The van der Waals surface area contributed by atoms with Gasteiger partial charge in [-0.25, -0.2) is 0 Å². The molecule has 1 aliphatic carbocycles. The average Bonchev–Trinajstić information content (AvgIpc) is 3.24. The number of carbonyl (C=O) groups is 2. The summed E-state index contributed by atoms with van der Waals surface area (Å²) in [5, 5.41) is 24.2. The maximum Gasteiger partial charge on any atom is 0.247 e. The fourth-order valence-corrected chi connectivity index (χ4v) is 5.06. The Balaban J connectivity index is 1.75. The van der Waals surface area contributed by atoms with Crippen LogP contribution in [0.25, 0.3) is 0 Å². The monoisotopic (exact) mass is 518 g/mol. The van der Waals surface area contributed by atoms with Crippen molar-refractivity contribution in [3.05, 3.63) is 75.3 Å². The molecule has 2 aromatic carbocycles. The van der Waals surface area contributed by atoms with E-state index in [1.54, 1.807) is 35.2 Å². The molecule has 3 N–H and O–H groups in total. The molecule has 1 aliphatic heterocycles. The smallest absolute Gasteiger partial charge is 0.247 e. The Morgan fingerprint density at radius 3 is 2.63 bits per heavy atom. The highest BCUT2D eigenvalue weighted by atomic mass is 35.5. The zero-order valence-corrected chi connectivity index (χ0v) is 20.8. The maximum absolute atomic E-state index is 13.3. The van der Waals surface area contributed by atoms with E-state index < -0.39 is 24.2 Å². The van der Waals surface area contributed by atoms with Gasteiger partial charge in [-0.2, -0.15) is 0 Å². The molecule has 4 unspecified atom stereocenters. The summed E-state index contributed by atoms with van der Waals surface area (Å²) in [6.07, 6.45) is 0.740. The molecule has 0 radical (unpaired) electrons. The van der Waals surface area contributed by atoms with E-state index in [4.69, 9.17) is 27.9 Å². The topological polar surface area (TPSA) is 99.1 Å². The Kier molecular flexibility index (Phi) is 8.02. The van der Waals surface area contributed by atoms with Gasteiger partial charge >= 0.3 is 0 Å². The second-order valence-corrected chi connectivity index (χ2v) is 9.52. The van der Waals surface area contributed by atoms with Crippen LogP contribution < -0.4 is 10.1 Å². The molecule has 4 rings (SSSR count). The lowest BCUT2D eigenvalue weighted by Gasteiger charge is -2.41. The van der Waals surface area contributed by atoms with Crippen LogP contribution in [-0.4, -0.2) is 58.3 Å². The van der Waals surface area contributed by atoms with Gasteiger partial charge in [-0.3, -0.25) is 9.59 Å².